The van der Waals surface area contributed by atoms with E-state index in [1.807, 2.05) is 0 Å². The third kappa shape index (κ3) is 14.7. The van der Waals surface area contributed by atoms with E-state index in [2.05, 4.69) is 276 Å². The lowest BCUT2D eigenvalue weighted by Gasteiger charge is -2.39. The van der Waals surface area contributed by atoms with Crippen LogP contribution in [0.15, 0.2) is 194 Å². The van der Waals surface area contributed by atoms with Gasteiger partial charge in [-0.05, 0) is 79.9 Å². The smallest absolute Gasteiger partial charge is 0.173 e. The number of likely N-dealkylation sites (tertiary alicyclic amines) is 2. The Morgan fingerprint density at radius 1 is 0.362 bits per heavy atom. The normalized spacial score (nSPS) is 18.8. The van der Waals surface area contributed by atoms with Gasteiger partial charge in [-0.1, -0.05) is 206 Å². The number of piperidine rings is 2. The quantitative estimate of drug-likeness (QED) is 0.0817. The summed E-state index contributed by atoms with van der Waals surface area (Å²) in [5.41, 5.74) is 7.78. The van der Waals surface area contributed by atoms with Crippen LogP contribution < -0.4 is 0 Å². The Labute approximate surface area is 473 Å². The number of tetrazole rings is 2. The summed E-state index contributed by atoms with van der Waals surface area (Å²) in [6.45, 7) is 16.3. The van der Waals surface area contributed by atoms with Gasteiger partial charge in [0.15, 0.2) is 11.6 Å². The maximum Gasteiger partial charge on any atom is 0.173 e. The lowest BCUT2D eigenvalue weighted by Crippen LogP contribution is -2.48. The molecule has 8 aromatic rings. The first-order valence-electron chi connectivity index (χ1n) is 29.2. The number of aromatic nitrogens is 8. The van der Waals surface area contributed by atoms with E-state index in [0.29, 0.717) is 12.1 Å². The molecule has 4 aliphatic heterocycles. The molecule has 2 aromatic heterocycles. The van der Waals surface area contributed by atoms with Gasteiger partial charge in [-0.3, -0.25) is 29.4 Å². The van der Waals surface area contributed by atoms with Gasteiger partial charge in [0.1, 0.15) is 0 Å². The van der Waals surface area contributed by atoms with Crippen LogP contribution in [0.2, 0.25) is 0 Å². The van der Waals surface area contributed by atoms with E-state index in [0.717, 1.165) is 142 Å². The predicted octanol–water partition coefficient (Wildman–Crippen LogP) is 9.86. The van der Waals surface area contributed by atoms with Crippen molar-refractivity contribution in [2.75, 3.05) is 91.6 Å². The van der Waals surface area contributed by atoms with Gasteiger partial charge in [-0.15, -0.1) is 10.2 Å². The molecule has 0 saturated carbocycles. The molecule has 0 aliphatic carbocycles. The molecule has 6 heterocycles. The average molecular weight is 1070 g/mol. The maximum absolute atomic E-state index is 4.65. The summed E-state index contributed by atoms with van der Waals surface area (Å²) in [6, 6.07) is 65.0. The number of rotatable bonds is 18. The Morgan fingerprint density at radius 3 is 1.04 bits per heavy atom. The molecular formula is C66H78N14. The fourth-order valence-corrected chi connectivity index (χ4v) is 12.1. The topological polar surface area (TPSA) is 107 Å². The molecule has 0 amide bonds. The summed E-state index contributed by atoms with van der Waals surface area (Å²) in [5, 5.41) is 26.9. The third-order valence-corrected chi connectivity index (χ3v) is 16.6. The zero-order valence-electron chi connectivity index (χ0n) is 46.3. The number of hydrogen-bond acceptors (Lipinski definition) is 12. The van der Waals surface area contributed by atoms with Crippen LogP contribution >= 0.6 is 0 Å². The van der Waals surface area contributed by atoms with Gasteiger partial charge in [0.2, 0.25) is 0 Å². The Bertz CT molecular complexity index is 2860. The maximum atomic E-state index is 4.65. The monoisotopic (exact) mass is 1070 g/mol. The molecular weight excluding hydrogens is 989 g/mol. The van der Waals surface area contributed by atoms with E-state index in [9.17, 15) is 0 Å². The Hall–Kier alpha value is -7.30. The summed E-state index contributed by atoms with van der Waals surface area (Å²) in [7, 11) is 0. The van der Waals surface area contributed by atoms with Crippen LogP contribution in [-0.4, -0.2) is 161 Å². The molecule has 14 nitrogen and oxygen atoms in total. The van der Waals surface area contributed by atoms with E-state index >= 15 is 0 Å². The molecule has 0 spiro atoms. The molecule has 4 fully saturated rings. The summed E-state index contributed by atoms with van der Waals surface area (Å²) >= 11 is 0. The van der Waals surface area contributed by atoms with E-state index in [4.69, 9.17) is 0 Å². The lowest BCUT2D eigenvalue weighted by atomic mass is 10.0. The molecule has 4 aliphatic rings. The highest BCUT2D eigenvalue weighted by Crippen LogP contribution is 2.34. The minimum absolute atomic E-state index is 0.0561. The minimum Gasteiger partial charge on any atom is -0.299 e. The van der Waals surface area contributed by atoms with Crippen molar-refractivity contribution in [1.82, 2.24) is 69.8 Å². The van der Waals surface area contributed by atoms with Crippen molar-refractivity contribution in [3.63, 3.8) is 0 Å². The highest BCUT2D eigenvalue weighted by atomic mass is 15.6. The van der Waals surface area contributed by atoms with Crippen LogP contribution in [0.4, 0.5) is 0 Å². The summed E-state index contributed by atoms with van der Waals surface area (Å²) in [6.07, 6.45) is 13.3. The van der Waals surface area contributed by atoms with Crippen LogP contribution in [0, 0.1) is 0 Å². The van der Waals surface area contributed by atoms with Gasteiger partial charge < -0.3 is 0 Å². The second-order valence-corrected chi connectivity index (χ2v) is 21.9. The largest absolute Gasteiger partial charge is 0.299 e. The zero-order valence-corrected chi connectivity index (χ0v) is 46.3. The Kier molecular flexibility index (Phi) is 19.3. The number of hydrogen-bond donors (Lipinski definition) is 0. The number of nitrogens with zero attached hydrogens (tertiary/aromatic N) is 14. The van der Waals surface area contributed by atoms with E-state index in [1.54, 1.807) is 0 Å². The second kappa shape index (κ2) is 28.2. The second-order valence-electron chi connectivity index (χ2n) is 21.9. The molecule has 80 heavy (non-hydrogen) atoms. The fourth-order valence-electron chi connectivity index (χ4n) is 12.1. The third-order valence-electron chi connectivity index (χ3n) is 16.6. The Balaban J connectivity index is 0.000000169. The molecule has 6 aromatic carbocycles. The van der Waals surface area contributed by atoms with Crippen LogP contribution in [0.25, 0.3) is 12.2 Å². The van der Waals surface area contributed by atoms with Gasteiger partial charge in [0.25, 0.3) is 0 Å². The zero-order chi connectivity index (χ0) is 54.0. The molecule has 0 radical (unpaired) electrons. The molecule has 412 valence electrons. The average Bonchev–Trinajstić information content (AvgIpc) is 4.22. The van der Waals surface area contributed by atoms with Crippen molar-refractivity contribution >= 4 is 12.2 Å². The summed E-state index contributed by atoms with van der Waals surface area (Å²) in [4.78, 5) is 15.3. The number of benzene rings is 6. The van der Waals surface area contributed by atoms with Crippen molar-refractivity contribution in [3.05, 3.63) is 239 Å². The molecule has 4 saturated heterocycles. The standard InChI is InChI=1S/2C33H39N7/c2*1-4-11-28(12-5-1)15-10-20-37-23-25-39(26-24-37)32(30-16-8-3-9-17-30)33-34-35-36-40(33)31-18-21-38(22-19-31)27-29-13-6-2-7-14-29/h2*1-17,31-32H,18-27H2/b2*15-10+/t2*32-/m10/s1. The number of piperazine rings is 2. The van der Waals surface area contributed by atoms with Crippen LogP contribution in [0.3, 0.4) is 0 Å². The van der Waals surface area contributed by atoms with Crippen LogP contribution in [0.5, 0.6) is 0 Å². The van der Waals surface area contributed by atoms with E-state index < -0.39 is 0 Å². The van der Waals surface area contributed by atoms with Crippen LogP contribution in [0.1, 0.15) is 94.9 Å². The minimum atomic E-state index is 0.0561. The van der Waals surface area contributed by atoms with Gasteiger partial charge in [0, 0.05) is 105 Å². The highest BCUT2D eigenvalue weighted by molar-refractivity contribution is 5.49. The van der Waals surface area contributed by atoms with E-state index in [-0.39, 0.29) is 12.1 Å². The van der Waals surface area contributed by atoms with Gasteiger partial charge in [-0.25, -0.2) is 9.36 Å². The SMILES string of the molecule is C(=C\c1ccccc1)/CN1CCN([C@@H](c2ccccc2)c2nnnn2C2CCN(Cc3ccccc3)CC2)CC1.C(=C\c1ccccc1)/CN1CCN([C@H](c2ccccc2)c2nnnn2C2CCN(Cc3ccccc3)CC2)CC1. The van der Waals surface area contributed by atoms with Crippen molar-refractivity contribution in [3.8, 4) is 0 Å². The van der Waals surface area contributed by atoms with E-state index in [1.165, 1.54) is 33.4 Å². The predicted molar refractivity (Wildman–Crippen MR) is 319 cm³/mol. The fraction of sp³-hybridized carbons (Fsp3) is 0.364. The van der Waals surface area contributed by atoms with Gasteiger partial charge in [-0.2, -0.15) is 0 Å². The summed E-state index contributed by atoms with van der Waals surface area (Å²) in [5.74, 6) is 1.95. The summed E-state index contributed by atoms with van der Waals surface area (Å²) < 4.78 is 4.29. The Morgan fingerprint density at radius 2 is 0.688 bits per heavy atom. The highest BCUT2D eigenvalue weighted by Gasteiger charge is 2.35. The molecule has 0 N–H and O–H groups in total. The molecule has 2 atom stereocenters. The molecule has 0 bridgehead atoms. The van der Waals surface area contributed by atoms with Crippen molar-refractivity contribution in [2.45, 2.75) is 62.9 Å². The van der Waals surface area contributed by atoms with Gasteiger partial charge >= 0.3 is 0 Å². The van der Waals surface area contributed by atoms with Gasteiger partial charge in [0.05, 0.1) is 24.2 Å². The van der Waals surface area contributed by atoms with Crippen LogP contribution in [-0.2, 0) is 13.1 Å². The van der Waals surface area contributed by atoms with Crippen molar-refractivity contribution in [1.29, 1.82) is 0 Å². The van der Waals surface area contributed by atoms with Crippen molar-refractivity contribution in [2.24, 2.45) is 0 Å². The van der Waals surface area contributed by atoms with Crippen molar-refractivity contribution < 1.29 is 0 Å². The lowest BCUT2D eigenvalue weighted by molar-refractivity contribution is 0.108. The molecule has 0 unspecified atom stereocenters. The first-order chi connectivity index (χ1) is 39.7. The molecule has 12 rings (SSSR count). The first-order valence-corrected chi connectivity index (χ1v) is 29.2. The molecule has 14 heteroatoms. The first kappa shape index (κ1) is 54.6.